The molecule has 5 heteroatoms. The number of aromatic nitrogens is 4. The molecule has 134 valence electrons. The van der Waals surface area contributed by atoms with Crippen LogP contribution in [0.4, 0.5) is 0 Å². The summed E-state index contributed by atoms with van der Waals surface area (Å²) in [5, 5.41) is 15.0. The molecule has 0 N–H and O–H groups in total. The molecule has 4 rings (SSSR count). The van der Waals surface area contributed by atoms with E-state index in [2.05, 4.69) is 28.4 Å². The lowest BCUT2D eigenvalue weighted by Crippen LogP contribution is -2.13. The molecule has 0 atom stereocenters. The molecular weight excluding hydrogens is 328 g/mol. The van der Waals surface area contributed by atoms with Gasteiger partial charge in [-0.3, -0.25) is 0 Å². The van der Waals surface area contributed by atoms with Crippen LogP contribution in [0.25, 0.3) is 5.65 Å². The number of hydrogen-bond donors (Lipinski definition) is 0. The van der Waals surface area contributed by atoms with Gasteiger partial charge in [0.25, 0.3) is 0 Å². The van der Waals surface area contributed by atoms with E-state index in [1.165, 1.54) is 24.8 Å². The van der Waals surface area contributed by atoms with Crippen molar-refractivity contribution in [1.82, 2.24) is 19.8 Å². The molecule has 0 unspecified atom stereocenters. The number of thioether (sulfide) groups is 1. The van der Waals surface area contributed by atoms with Gasteiger partial charge in [0.1, 0.15) is 5.03 Å². The molecule has 0 amide bonds. The fourth-order valence-corrected chi connectivity index (χ4v) is 3.61. The predicted molar refractivity (Wildman–Crippen MR) is 106 cm³/mol. The van der Waals surface area contributed by atoms with Crippen molar-refractivity contribution in [3.63, 3.8) is 0 Å². The summed E-state index contributed by atoms with van der Waals surface area (Å²) in [5.41, 5.74) is 2.05. The molecule has 3 aromatic rings. The highest BCUT2D eigenvalue weighted by Crippen LogP contribution is 2.35. The number of rotatable bonds is 4. The van der Waals surface area contributed by atoms with Gasteiger partial charge in [-0.25, -0.2) is 0 Å². The maximum atomic E-state index is 4.71. The molecule has 4 nitrogen and oxygen atoms in total. The largest absolute Gasteiger partial charge is 0.196 e. The summed E-state index contributed by atoms with van der Waals surface area (Å²) in [6.07, 6.45) is 4.73. The normalized spacial score (nSPS) is 13.3. The molecule has 0 radical (unpaired) electrons. The van der Waals surface area contributed by atoms with E-state index in [0.29, 0.717) is 0 Å². The third-order valence-corrected chi connectivity index (χ3v) is 5.11. The smallest absolute Gasteiger partial charge is 0.177 e. The number of nitrogens with zero attached hydrogens (tertiary/aromatic N) is 4. The van der Waals surface area contributed by atoms with Crippen LogP contribution in [0.15, 0.2) is 47.5 Å². The lowest BCUT2D eigenvalue weighted by Gasteiger charge is -2.23. The van der Waals surface area contributed by atoms with Crippen LogP contribution in [0.1, 0.15) is 58.3 Å². The Morgan fingerprint density at radius 1 is 0.960 bits per heavy atom. The van der Waals surface area contributed by atoms with Gasteiger partial charge >= 0.3 is 0 Å². The fraction of sp³-hybridized carbons (Fsp3) is 0.450. The lowest BCUT2D eigenvalue weighted by atomic mass is 10.0. The lowest BCUT2D eigenvalue weighted by molar-refractivity contribution is 0.521. The van der Waals surface area contributed by atoms with E-state index in [4.69, 9.17) is 5.10 Å². The highest BCUT2D eigenvalue weighted by molar-refractivity contribution is 7.99. The molecule has 2 aromatic heterocycles. The quantitative estimate of drug-likeness (QED) is 0.627. The zero-order chi connectivity index (χ0) is 18.1. The summed E-state index contributed by atoms with van der Waals surface area (Å²) in [6.45, 7) is 8.00. The van der Waals surface area contributed by atoms with Crippen LogP contribution in [0, 0.1) is 0 Å². The van der Waals surface area contributed by atoms with E-state index in [1.54, 1.807) is 0 Å². The Labute approximate surface area is 155 Å². The molecule has 1 fully saturated rings. The summed E-state index contributed by atoms with van der Waals surface area (Å²) >= 11 is 1.88. The first-order valence-electron chi connectivity index (χ1n) is 9.30. The van der Waals surface area contributed by atoms with Crippen molar-refractivity contribution in [2.75, 3.05) is 0 Å². The Bertz CT molecular complexity index is 751. The van der Waals surface area contributed by atoms with E-state index in [-0.39, 0.29) is 0 Å². The van der Waals surface area contributed by atoms with Crippen molar-refractivity contribution in [3.05, 3.63) is 53.9 Å². The topological polar surface area (TPSA) is 43.1 Å². The Morgan fingerprint density at radius 2 is 1.68 bits per heavy atom. The van der Waals surface area contributed by atoms with E-state index in [9.17, 15) is 0 Å². The molecule has 0 spiro atoms. The van der Waals surface area contributed by atoms with Crippen LogP contribution >= 0.6 is 11.8 Å². The van der Waals surface area contributed by atoms with Gasteiger partial charge in [-0.05, 0) is 30.5 Å². The van der Waals surface area contributed by atoms with Gasteiger partial charge in [-0.1, -0.05) is 64.4 Å². The molecule has 25 heavy (non-hydrogen) atoms. The van der Waals surface area contributed by atoms with Crippen LogP contribution in [0.3, 0.4) is 0 Å². The molecule has 1 aromatic carbocycles. The molecule has 1 saturated carbocycles. The fourth-order valence-electron chi connectivity index (χ4n) is 2.43. The minimum atomic E-state index is 0.740. The minimum Gasteiger partial charge on any atom is -0.196 e. The summed E-state index contributed by atoms with van der Waals surface area (Å²) in [4.78, 5) is 0. The maximum Gasteiger partial charge on any atom is 0.177 e. The molecular formula is C20H28N4S. The molecule has 0 aliphatic heterocycles. The van der Waals surface area contributed by atoms with Gasteiger partial charge in [-0.15, -0.1) is 22.0 Å². The Morgan fingerprint density at radius 3 is 2.32 bits per heavy atom. The Balaban J connectivity index is 0.000000528. The molecule has 1 aliphatic carbocycles. The highest BCUT2D eigenvalue weighted by Gasteiger charge is 2.19. The molecule has 1 aliphatic rings. The third-order valence-electron chi connectivity index (χ3n) is 3.85. The second kappa shape index (κ2) is 10.2. The second-order valence-electron chi connectivity index (χ2n) is 5.39. The first-order chi connectivity index (χ1) is 12.4. The monoisotopic (exact) mass is 356 g/mol. The Hall–Kier alpha value is -1.88. The van der Waals surface area contributed by atoms with Crippen molar-refractivity contribution in [3.8, 4) is 0 Å². The summed E-state index contributed by atoms with van der Waals surface area (Å²) in [7, 11) is 0. The van der Waals surface area contributed by atoms with Gasteiger partial charge in [0.05, 0.1) is 0 Å². The van der Waals surface area contributed by atoms with E-state index in [0.717, 1.165) is 28.2 Å². The van der Waals surface area contributed by atoms with Crippen molar-refractivity contribution in [1.29, 1.82) is 0 Å². The minimum absolute atomic E-state index is 0.740. The van der Waals surface area contributed by atoms with Crippen molar-refractivity contribution in [2.45, 2.75) is 63.7 Å². The van der Waals surface area contributed by atoms with Crippen LogP contribution < -0.4 is 0 Å². The highest BCUT2D eigenvalue weighted by atomic mass is 32.2. The van der Waals surface area contributed by atoms with Crippen LogP contribution in [0.5, 0.6) is 0 Å². The zero-order valence-corrected chi connectivity index (χ0v) is 16.5. The average molecular weight is 357 g/mol. The predicted octanol–water partition coefficient (Wildman–Crippen LogP) is 5.41. The first-order valence-corrected chi connectivity index (χ1v) is 10.2. The standard InChI is InChI=1S/C16H16N4S.2C2H6/c1-2-5-12(6-3-1)11-15-18-17-14-9-10-16(19-20(14)15)21-13-7-4-8-13;2*1-2/h1-3,5-6,9-10,13H,4,7-8,11H2;2*1-2H3. The number of benzene rings is 1. The van der Waals surface area contributed by atoms with Gasteiger partial charge in [0, 0.05) is 11.7 Å². The van der Waals surface area contributed by atoms with Crippen LogP contribution in [-0.4, -0.2) is 25.1 Å². The van der Waals surface area contributed by atoms with Crippen LogP contribution in [0.2, 0.25) is 0 Å². The summed E-state index contributed by atoms with van der Waals surface area (Å²) < 4.78 is 1.88. The summed E-state index contributed by atoms with van der Waals surface area (Å²) in [5.74, 6) is 0.896. The van der Waals surface area contributed by atoms with E-state index in [1.807, 2.05) is 68.2 Å². The second-order valence-corrected chi connectivity index (χ2v) is 6.71. The van der Waals surface area contributed by atoms with E-state index < -0.39 is 0 Å². The van der Waals surface area contributed by atoms with Gasteiger partial charge < -0.3 is 0 Å². The molecule has 0 bridgehead atoms. The van der Waals surface area contributed by atoms with Gasteiger partial charge in [-0.2, -0.15) is 9.61 Å². The maximum absolute atomic E-state index is 4.71. The number of fused-ring (bicyclic) bond motifs is 1. The van der Waals surface area contributed by atoms with E-state index >= 15 is 0 Å². The van der Waals surface area contributed by atoms with Gasteiger partial charge in [0.2, 0.25) is 0 Å². The SMILES string of the molecule is CC.CC.c1ccc(Cc2nnc3ccc(SC4CCC4)nn23)cc1. The van der Waals surface area contributed by atoms with Crippen molar-refractivity contribution in [2.24, 2.45) is 0 Å². The summed E-state index contributed by atoms with van der Waals surface area (Å²) in [6, 6.07) is 14.4. The third kappa shape index (κ3) is 5.05. The van der Waals surface area contributed by atoms with Crippen LogP contribution in [-0.2, 0) is 6.42 Å². The zero-order valence-electron chi connectivity index (χ0n) is 15.6. The van der Waals surface area contributed by atoms with Crippen molar-refractivity contribution >= 4 is 17.4 Å². The Kier molecular flexibility index (Phi) is 7.92. The van der Waals surface area contributed by atoms with Crippen molar-refractivity contribution < 1.29 is 0 Å². The number of hydrogen-bond acceptors (Lipinski definition) is 4. The molecule has 0 saturated heterocycles. The first kappa shape index (κ1) is 19.4. The molecule has 2 heterocycles. The van der Waals surface area contributed by atoms with Gasteiger partial charge in [0.15, 0.2) is 11.5 Å². The average Bonchev–Trinajstić information content (AvgIpc) is 3.05.